The van der Waals surface area contributed by atoms with Crippen LogP contribution < -0.4 is 16.1 Å². The highest BCUT2D eigenvalue weighted by Crippen LogP contribution is 2.52. The number of anilines is 2. The van der Waals surface area contributed by atoms with Gasteiger partial charge in [-0.15, -0.1) is 0 Å². The number of amides is 2. The van der Waals surface area contributed by atoms with E-state index in [1.54, 1.807) is 41.5 Å². The number of likely N-dealkylation sites (tertiary alicyclic amines) is 1. The number of likely N-dealkylation sites (N-methyl/N-ethyl adjacent to an activating group) is 1. The van der Waals surface area contributed by atoms with Crippen molar-refractivity contribution in [1.82, 2.24) is 24.5 Å². The molecular formula is C38H48N8O8. The second-order valence-electron chi connectivity index (χ2n) is 15.3. The van der Waals surface area contributed by atoms with Crippen molar-refractivity contribution >= 4 is 34.9 Å². The summed E-state index contributed by atoms with van der Waals surface area (Å²) in [5, 5.41) is 27.7. The number of hydrogen-bond acceptors (Lipinski definition) is 13. The van der Waals surface area contributed by atoms with Gasteiger partial charge in [0, 0.05) is 31.5 Å². The van der Waals surface area contributed by atoms with Gasteiger partial charge >= 0.3 is 6.09 Å². The van der Waals surface area contributed by atoms with Crippen LogP contribution >= 0.6 is 0 Å². The molecule has 3 aliphatic rings. The van der Waals surface area contributed by atoms with Gasteiger partial charge in [-0.3, -0.25) is 4.79 Å². The van der Waals surface area contributed by atoms with Crippen LogP contribution in [0.3, 0.4) is 0 Å². The van der Waals surface area contributed by atoms with E-state index in [0.717, 1.165) is 11.1 Å². The first-order chi connectivity index (χ1) is 25.6. The molecule has 3 saturated heterocycles. The predicted molar refractivity (Wildman–Crippen MR) is 198 cm³/mol. The zero-order valence-electron chi connectivity index (χ0n) is 31.2. The first kappa shape index (κ1) is 37.4. The molecule has 5 heterocycles. The lowest BCUT2D eigenvalue weighted by Gasteiger charge is -2.36. The number of benzene rings is 2. The summed E-state index contributed by atoms with van der Waals surface area (Å²) in [6.07, 6.45) is -4.69. The van der Waals surface area contributed by atoms with Crippen molar-refractivity contribution in [1.29, 1.82) is 0 Å². The highest BCUT2D eigenvalue weighted by molar-refractivity contribution is 5.94. The Hall–Kier alpha value is -4.87. The van der Waals surface area contributed by atoms with E-state index in [4.69, 9.17) is 24.7 Å². The Bertz CT molecular complexity index is 1950. The molecular weight excluding hydrogens is 696 g/mol. The third kappa shape index (κ3) is 6.72. The maximum Gasteiger partial charge on any atom is 0.410 e. The summed E-state index contributed by atoms with van der Waals surface area (Å²) in [6.45, 7) is 10.8. The number of nitrogens with two attached hydrogens (primary N) is 1. The number of carbonyl (C=O) groups is 2. The molecule has 0 saturated carbocycles. The summed E-state index contributed by atoms with van der Waals surface area (Å²) >= 11 is 0. The number of fused-ring (bicyclic) bond motifs is 2. The second kappa shape index (κ2) is 14.1. The van der Waals surface area contributed by atoms with Crippen molar-refractivity contribution < 1.29 is 38.7 Å². The third-order valence-electron chi connectivity index (χ3n) is 10.1. The molecule has 6 atom stereocenters. The number of hydrogen-bond donors (Lipinski definition) is 4. The molecule has 0 spiro atoms. The molecule has 5 N–H and O–H groups in total. The Kier molecular flexibility index (Phi) is 9.77. The van der Waals surface area contributed by atoms with E-state index in [0.29, 0.717) is 17.9 Å². The molecule has 2 aromatic heterocycles. The van der Waals surface area contributed by atoms with E-state index in [9.17, 15) is 19.8 Å². The van der Waals surface area contributed by atoms with Gasteiger partial charge in [0.15, 0.2) is 40.8 Å². The van der Waals surface area contributed by atoms with Gasteiger partial charge in [0.1, 0.15) is 18.0 Å². The largest absolute Gasteiger partial charge is 0.444 e. The van der Waals surface area contributed by atoms with Gasteiger partial charge in [0.05, 0.1) is 12.6 Å². The molecule has 3 aliphatic heterocycles. The summed E-state index contributed by atoms with van der Waals surface area (Å²) in [5.74, 6) is -2.40. The first-order valence-electron chi connectivity index (χ1n) is 18.2. The lowest BCUT2D eigenvalue weighted by molar-refractivity contribution is -0.259. The number of ether oxygens (including phenoxy) is 4. The summed E-state index contributed by atoms with van der Waals surface area (Å²) in [4.78, 5) is 42.5. The second-order valence-corrected chi connectivity index (χ2v) is 15.3. The van der Waals surface area contributed by atoms with Gasteiger partial charge in [-0.05, 0) is 52.7 Å². The quantitative estimate of drug-likeness (QED) is 0.195. The Labute approximate surface area is 313 Å². The van der Waals surface area contributed by atoms with Crippen LogP contribution in [0.2, 0.25) is 0 Å². The Morgan fingerprint density at radius 3 is 2.31 bits per heavy atom. The van der Waals surface area contributed by atoms with Crippen molar-refractivity contribution in [2.45, 2.75) is 89.1 Å². The van der Waals surface area contributed by atoms with Crippen molar-refractivity contribution in [3.63, 3.8) is 0 Å². The maximum absolute atomic E-state index is 14.6. The number of nitrogen functional groups attached to an aromatic ring is 1. The Morgan fingerprint density at radius 1 is 1.06 bits per heavy atom. The number of β-amino-alcohol motifs (C(OH)–C–C–N with tert-alkyl or cyclic N) is 1. The summed E-state index contributed by atoms with van der Waals surface area (Å²) in [7, 11) is 0. The molecule has 0 aliphatic carbocycles. The molecule has 2 aromatic carbocycles. The Balaban J connectivity index is 1.17. The Morgan fingerprint density at radius 2 is 1.70 bits per heavy atom. The molecule has 2 unspecified atom stereocenters. The van der Waals surface area contributed by atoms with Gasteiger partial charge in [0.2, 0.25) is 5.95 Å². The van der Waals surface area contributed by atoms with Crippen LogP contribution in [-0.4, -0.2) is 115 Å². The van der Waals surface area contributed by atoms with Gasteiger partial charge in [-0.2, -0.15) is 4.68 Å². The van der Waals surface area contributed by atoms with Crippen LogP contribution in [0.5, 0.6) is 0 Å². The van der Waals surface area contributed by atoms with E-state index in [-0.39, 0.29) is 37.1 Å². The molecule has 3 fully saturated rings. The zero-order valence-corrected chi connectivity index (χ0v) is 31.2. The predicted octanol–water partition coefficient (Wildman–Crippen LogP) is 2.97. The smallest absolute Gasteiger partial charge is 0.410 e. The summed E-state index contributed by atoms with van der Waals surface area (Å²) < 4.78 is 25.6. The molecule has 288 valence electrons. The SMILES string of the molecule is CCN(C(=O)[C@H]1O[C@@H](O)[C@]2(C3CN(C(=O)OC(C)(C)C)CC3O)OC(C)(C)O[C@H]12)n1c(N)nc2c(NCC(c3ccccc3)c3ccccc3)ncnc21. The molecule has 0 radical (unpaired) electrons. The minimum Gasteiger partial charge on any atom is -0.444 e. The van der Waals surface area contributed by atoms with Crippen LogP contribution in [0.25, 0.3) is 11.2 Å². The minimum absolute atomic E-state index is 0.00995. The van der Waals surface area contributed by atoms with E-state index >= 15 is 0 Å². The highest BCUT2D eigenvalue weighted by atomic mass is 16.8. The van der Waals surface area contributed by atoms with Crippen LogP contribution in [-0.2, 0) is 23.7 Å². The van der Waals surface area contributed by atoms with E-state index in [2.05, 4.69) is 44.5 Å². The molecule has 4 aromatic rings. The van der Waals surface area contributed by atoms with Crippen LogP contribution in [0.1, 0.15) is 58.6 Å². The first-order valence-corrected chi connectivity index (χ1v) is 18.2. The number of aliphatic hydroxyl groups is 2. The molecule has 54 heavy (non-hydrogen) atoms. The molecule has 2 amide bonds. The fraction of sp³-hybridized carbons (Fsp3) is 0.500. The van der Waals surface area contributed by atoms with Gasteiger partial charge < -0.3 is 45.1 Å². The molecule has 16 nitrogen and oxygen atoms in total. The lowest BCUT2D eigenvalue weighted by atomic mass is 9.79. The van der Waals surface area contributed by atoms with Crippen LogP contribution in [0, 0.1) is 5.92 Å². The number of imidazole rings is 1. The molecule has 0 bridgehead atoms. The van der Waals surface area contributed by atoms with Crippen LogP contribution in [0.4, 0.5) is 16.6 Å². The van der Waals surface area contributed by atoms with Crippen LogP contribution in [0.15, 0.2) is 67.0 Å². The fourth-order valence-electron chi connectivity index (χ4n) is 7.88. The number of aliphatic hydroxyl groups excluding tert-OH is 2. The molecule has 7 rings (SSSR count). The maximum atomic E-state index is 14.6. The normalized spacial score (nSPS) is 26.3. The lowest BCUT2D eigenvalue weighted by Crippen LogP contribution is -2.58. The standard InChI is InChI=1S/C38H48N8O8/c1-7-45(32(48)28-29-38(33(49)51-28,54-37(5,6)52-29)25-19-44(20-26(25)47)35(50)53-36(2,3)4)46-31-27(43-34(46)39)30(41-21-42-31)40-18-24(22-14-10-8-11-15-22)23-16-12-9-13-17-23/h8-17,21,24-26,28-29,33,47,49H,7,18-20H2,1-6H3,(H2,39,43)(H,40,41,42)/t25?,26?,28-,29+,33+,38+/m0/s1. The van der Waals surface area contributed by atoms with Crippen molar-refractivity contribution in [3.8, 4) is 0 Å². The number of rotatable bonds is 9. The third-order valence-corrected chi connectivity index (χ3v) is 10.1. The van der Waals surface area contributed by atoms with Gasteiger partial charge in [-0.25, -0.2) is 24.8 Å². The average molecular weight is 745 g/mol. The average Bonchev–Trinajstić information content (AvgIpc) is 3.84. The van der Waals surface area contributed by atoms with E-state index in [1.165, 1.54) is 20.9 Å². The fourth-order valence-corrected chi connectivity index (χ4v) is 7.88. The highest BCUT2D eigenvalue weighted by Gasteiger charge is 2.73. The summed E-state index contributed by atoms with van der Waals surface area (Å²) in [6, 6.07) is 20.3. The topological polar surface area (TPSA) is 200 Å². The van der Waals surface area contributed by atoms with E-state index in [1.807, 2.05) is 36.4 Å². The summed E-state index contributed by atoms with van der Waals surface area (Å²) in [5.41, 5.74) is 6.89. The van der Waals surface area contributed by atoms with E-state index < -0.39 is 59.5 Å². The van der Waals surface area contributed by atoms with Crippen molar-refractivity contribution in [2.24, 2.45) is 5.92 Å². The number of carbonyl (C=O) groups excluding carboxylic acids is 2. The number of nitrogens with one attached hydrogen (secondary N) is 1. The van der Waals surface area contributed by atoms with Gasteiger partial charge in [-0.1, -0.05) is 60.7 Å². The monoisotopic (exact) mass is 744 g/mol. The van der Waals surface area contributed by atoms with Crippen molar-refractivity contribution in [3.05, 3.63) is 78.1 Å². The van der Waals surface area contributed by atoms with Crippen molar-refractivity contribution in [2.75, 3.05) is 42.2 Å². The molecule has 16 heteroatoms. The van der Waals surface area contributed by atoms with Gasteiger partial charge in [0.25, 0.3) is 5.91 Å². The number of aromatic nitrogens is 4. The zero-order chi connectivity index (χ0) is 38.6. The number of nitrogens with zero attached hydrogens (tertiary/aromatic N) is 6. The minimum atomic E-state index is -1.71.